The van der Waals surface area contributed by atoms with Crippen molar-refractivity contribution in [3.63, 3.8) is 0 Å². The van der Waals surface area contributed by atoms with E-state index in [0.29, 0.717) is 5.92 Å². The maximum absolute atomic E-state index is 13.5. The number of carboxylic acid groups (broad SMARTS) is 1. The van der Waals surface area contributed by atoms with Gasteiger partial charge in [0, 0.05) is 16.8 Å². The van der Waals surface area contributed by atoms with Crippen LogP contribution in [0.3, 0.4) is 0 Å². The van der Waals surface area contributed by atoms with Gasteiger partial charge in [-0.1, -0.05) is 37.3 Å². The van der Waals surface area contributed by atoms with Crippen LogP contribution in [0, 0.1) is 11.8 Å². The number of ether oxygens (including phenoxy) is 1. The van der Waals surface area contributed by atoms with Crippen LogP contribution >= 0.6 is 11.3 Å². The van der Waals surface area contributed by atoms with E-state index >= 15 is 0 Å². The van der Waals surface area contributed by atoms with E-state index in [9.17, 15) is 14.7 Å². The minimum absolute atomic E-state index is 0.0199. The molecule has 1 aliphatic carbocycles. The van der Waals surface area contributed by atoms with Crippen molar-refractivity contribution in [3.05, 3.63) is 48.7 Å². The summed E-state index contributed by atoms with van der Waals surface area (Å²) in [6.07, 6.45) is 3.82. The Balaban J connectivity index is 1.69. The second-order valence-electron chi connectivity index (χ2n) is 8.89. The van der Waals surface area contributed by atoms with Crippen molar-refractivity contribution >= 4 is 29.2 Å². The zero-order valence-corrected chi connectivity index (χ0v) is 19.9. The van der Waals surface area contributed by atoms with Crippen molar-refractivity contribution in [1.82, 2.24) is 9.78 Å². The molecule has 0 spiro atoms. The van der Waals surface area contributed by atoms with Gasteiger partial charge in [0.25, 0.3) is 0 Å². The summed E-state index contributed by atoms with van der Waals surface area (Å²) < 4.78 is 6.66. The molecule has 33 heavy (non-hydrogen) atoms. The Morgan fingerprint density at radius 1 is 1.12 bits per heavy atom. The SMILES string of the molecule is CC(C)N(c1nn(-c2ccc(-c3ccccc3)s2)cc1OC(=O)O)C(=O)[C@H]1CC[C@H](C)CC1. The Morgan fingerprint density at radius 2 is 1.82 bits per heavy atom. The molecule has 0 unspecified atom stereocenters. The summed E-state index contributed by atoms with van der Waals surface area (Å²) in [7, 11) is 0. The fourth-order valence-corrected chi connectivity index (χ4v) is 5.25. The van der Waals surface area contributed by atoms with Crippen molar-refractivity contribution in [2.24, 2.45) is 11.8 Å². The quantitative estimate of drug-likeness (QED) is 0.435. The highest BCUT2D eigenvalue weighted by Crippen LogP contribution is 2.37. The van der Waals surface area contributed by atoms with Gasteiger partial charge in [-0.2, -0.15) is 0 Å². The van der Waals surface area contributed by atoms with Crippen LogP contribution in [0.2, 0.25) is 0 Å². The molecular weight excluding hydrogens is 438 g/mol. The van der Waals surface area contributed by atoms with E-state index < -0.39 is 6.16 Å². The summed E-state index contributed by atoms with van der Waals surface area (Å²) in [5.74, 6) is 0.824. The lowest BCUT2D eigenvalue weighted by molar-refractivity contribution is -0.124. The molecule has 0 aliphatic heterocycles. The molecule has 3 aromatic rings. The lowest BCUT2D eigenvalue weighted by Gasteiger charge is -2.32. The van der Waals surface area contributed by atoms with Gasteiger partial charge in [0.1, 0.15) is 5.00 Å². The molecule has 1 N–H and O–H groups in total. The van der Waals surface area contributed by atoms with Crippen molar-refractivity contribution < 1.29 is 19.4 Å². The number of anilines is 1. The molecule has 1 fully saturated rings. The van der Waals surface area contributed by atoms with Crippen molar-refractivity contribution in [1.29, 1.82) is 0 Å². The Kier molecular flexibility index (Phi) is 6.83. The van der Waals surface area contributed by atoms with Gasteiger partial charge in [-0.3, -0.25) is 9.69 Å². The van der Waals surface area contributed by atoms with E-state index in [4.69, 9.17) is 4.74 Å². The smallest absolute Gasteiger partial charge is 0.449 e. The van der Waals surface area contributed by atoms with Gasteiger partial charge in [0.2, 0.25) is 11.7 Å². The maximum atomic E-state index is 13.5. The molecule has 1 aliphatic rings. The molecule has 0 radical (unpaired) electrons. The third kappa shape index (κ3) is 5.11. The highest BCUT2D eigenvalue weighted by atomic mass is 32.1. The lowest BCUT2D eigenvalue weighted by Crippen LogP contribution is -2.42. The second kappa shape index (κ2) is 9.79. The molecule has 4 rings (SSSR count). The number of rotatable bonds is 6. The lowest BCUT2D eigenvalue weighted by atomic mass is 9.82. The third-order valence-electron chi connectivity index (χ3n) is 6.08. The third-order valence-corrected chi connectivity index (χ3v) is 7.21. The fourth-order valence-electron chi connectivity index (χ4n) is 4.31. The topological polar surface area (TPSA) is 84.7 Å². The number of benzene rings is 1. The van der Waals surface area contributed by atoms with Crippen molar-refractivity contribution in [2.45, 2.75) is 52.5 Å². The van der Waals surface area contributed by atoms with E-state index in [2.05, 4.69) is 12.0 Å². The van der Waals surface area contributed by atoms with Crippen LogP contribution < -0.4 is 9.64 Å². The van der Waals surface area contributed by atoms with Crippen molar-refractivity contribution in [3.8, 4) is 21.2 Å². The molecule has 8 heteroatoms. The number of aromatic nitrogens is 2. The van der Waals surface area contributed by atoms with E-state index in [1.807, 2.05) is 56.3 Å². The Hall–Kier alpha value is -3.13. The monoisotopic (exact) mass is 467 g/mol. The van der Waals surface area contributed by atoms with Crippen molar-refractivity contribution in [2.75, 3.05) is 4.90 Å². The number of carbonyl (C=O) groups excluding carboxylic acids is 1. The van der Waals surface area contributed by atoms with Gasteiger partial charge in [-0.25, -0.2) is 9.48 Å². The first kappa shape index (κ1) is 23.0. The predicted molar refractivity (Wildman–Crippen MR) is 129 cm³/mol. The van der Waals surface area contributed by atoms with E-state index in [1.165, 1.54) is 17.5 Å². The van der Waals surface area contributed by atoms with Crippen LogP contribution in [0.1, 0.15) is 46.5 Å². The highest BCUT2D eigenvalue weighted by Gasteiger charge is 2.34. The number of amides is 1. The first-order chi connectivity index (χ1) is 15.8. The Morgan fingerprint density at radius 3 is 2.45 bits per heavy atom. The van der Waals surface area contributed by atoms with Gasteiger partial charge in [-0.15, -0.1) is 16.4 Å². The molecule has 2 aromatic heterocycles. The van der Waals surface area contributed by atoms with Gasteiger partial charge in [0.05, 0.1) is 6.20 Å². The number of hydrogen-bond donors (Lipinski definition) is 1. The molecule has 1 aromatic carbocycles. The van der Waals surface area contributed by atoms with Crippen LogP contribution in [0.4, 0.5) is 10.6 Å². The van der Waals surface area contributed by atoms with Gasteiger partial charge in [-0.05, 0) is 63.1 Å². The first-order valence-corrected chi connectivity index (χ1v) is 12.1. The number of thiophene rings is 1. The Labute approximate surface area is 197 Å². The number of hydrogen-bond acceptors (Lipinski definition) is 5. The molecule has 1 amide bonds. The van der Waals surface area contributed by atoms with Gasteiger partial charge < -0.3 is 9.84 Å². The predicted octanol–water partition coefficient (Wildman–Crippen LogP) is 6.23. The average molecular weight is 468 g/mol. The molecular formula is C25H29N3O4S. The van der Waals surface area contributed by atoms with Crippen LogP contribution in [0.15, 0.2) is 48.7 Å². The van der Waals surface area contributed by atoms with Gasteiger partial charge in [0.15, 0.2) is 5.75 Å². The summed E-state index contributed by atoms with van der Waals surface area (Å²) in [4.78, 5) is 27.6. The number of carbonyl (C=O) groups is 2. The van der Waals surface area contributed by atoms with Crippen LogP contribution in [0.5, 0.6) is 5.75 Å². The standard InChI is InChI=1S/C25H29N3O4S/c1-16(2)28(24(29)19-11-9-17(3)10-12-19)23-20(32-25(30)31)15-27(26-23)22-14-13-21(33-22)18-7-5-4-6-8-18/h4-8,13-17,19H,9-12H2,1-3H3,(H,30,31)/t17-,19-. The summed E-state index contributed by atoms with van der Waals surface area (Å²) >= 11 is 1.53. The van der Waals surface area contributed by atoms with E-state index in [0.717, 1.165) is 41.1 Å². The van der Waals surface area contributed by atoms with E-state index in [1.54, 1.807) is 9.58 Å². The minimum atomic E-state index is -1.44. The first-order valence-electron chi connectivity index (χ1n) is 11.3. The molecule has 0 bridgehead atoms. The second-order valence-corrected chi connectivity index (χ2v) is 9.95. The summed E-state index contributed by atoms with van der Waals surface area (Å²) in [6, 6.07) is 13.7. The van der Waals surface area contributed by atoms with Crippen LogP contribution in [0.25, 0.3) is 15.4 Å². The zero-order chi connectivity index (χ0) is 23.5. The zero-order valence-electron chi connectivity index (χ0n) is 19.1. The highest BCUT2D eigenvalue weighted by molar-refractivity contribution is 7.17. The maximum Gasteiger partial charge on any atom is 0.511 e. The summed E-state index contributed by atoms with van der Waals surface area (Å²) in [6.45, 7) is 6.03. The molecule has 174 valence electrons. The molecule has 1 saturated carbocycles. The molecule has 2 heterocycles. The molecule has 0 atom stereocenters. The summed E-state index contributed by atoms with van der Waals surface area (Å²) in [5, 5.41) is 14.7. The largest absolute Gasteiger partial charge is 0.511 e. The van der Waals surface area contributed by atoms with Crippen LogP contribution in [-0.4, -0.2) is 33.0 Å². The Bertz CT molecular complexity index is 1110. The van der Waals surface area contributed by atoms with Crippen LogP contribution in [-0.2, 0) is 4.79 Å². The fraction of sp³-hybridized carbons (Fsp3) is 0.400. The average Bonchev–Trinajstić information content (AvgIpc) is 3.42. The molecule has 7 nitrogen and oxygen atoms in total. The number of nitrogens with zero attached hydrogens (tertiary/aromatic N) is 3. The molecule has 0 saturated heterocycles. The normalized spacial score (nSPS) is 18.3. The summed E-state index contributed by atoms with van der Waals surface area (Å²) in [5.41, 5.74) is 1.09. The minimum Gasteiger partial charge on any atom is -0.449 e. The van der Waals surface area contributed by atoms with Gasteiger partial charge >= 0.3 is 6.16 Å². The van der Waals surface area contributed by atoms with E-state index in [-0.39, 0.29) is 29.4 Å².